The molecule has 2 atom stereocenters. The quantitative estimate of drug-likeness (QED) is 0.350. The first-order valence-corrected chi connectivity index (χ1v) is 13.6. The van der Waals surface area contributed by atoms with Crippen molar-refractivity contribution in [3.63, 3.8) is 0 Å². The van der Waals surface area contributed by atoms with Crippen LogP contribution in [0.15, 0.2) is 48.5 Å². The molecule has 2 rings (SSSR count). The van der Waals surface area contributed by atoms with Crippen LogP contribution in [0.5, 0.6) is 5.75 Å². The van der Waals surface area contributed by atoms with Crippen LogP contribution in [-0.2, 0) is 20.7 Å². The summed E-state index contributed by atoms with van der Waals surface area (Å²) in [7, 11) is 0. The van der Waals surface area contributed by atoms with Crippen molar-refractivity contribution in [3.8, 4) is 5.75 Å². The molecule has 0 radical (unpaired) electrons. The minimum absolute atomic E-state index is 0.0984. The average Bonchev–Trinajstić information content (AvgIpc) is 2.82. The Morgan fingerprint density at radius 2 is 1.54 bits per heavy atom. The molecule has 3 amide bonds. The highest BCUT2D eigenvalue weighted by atomic mass is 16.6. The first-order valence-electron chi connectivity index (χ1n) is 13.6. The van der Waals surface area contributed by atoms with Gasteiger partial charge in [-0.05, 0) is 78.1 Å². The van der Waals surface area contributed by atoms with Crippen LogP contribution < -0.4 is 10.6 Å². The summed E-state index contributed by atoms with van der Waals surface area (Å²) in [6.45, 7) is 15.4. The molecule has 0 saturated carbocycles. The van der Waals surface area contributed by atoms with Crippen LogP contribution in [0.25, 0.3) is 0 Å². The first kappa shape index (κ1) is 31.7. The van der Waals surface area contributed by atoms with Crippen molar-refractivity contribution < 1.29 is 24.2 Å². The second kappa shape index (κ2) is 13.5. The van der Waals surface area contributed by atoms with Gasteiger partial charge in [-0.2, -0.15) is 0 Å². The number of rotatable bonds is 10. The van der Waals surface area contributed by atoms with E-state index in [1.807, 2.05) is 58.9 Å². The molecule has 0 bridgehead atoms. The van der Waals surface area contributed by atoms with Gasteiger partial charge in [0.1, 0.15) is 23.4 Å². The van der Waals surface area contributed by atoms with Crippen molar-refractivity contribution in [2.45, 2.75) is 97.9 Å². The molecule has 2 unspecified atom stereocenters. The van der Waals surface area contributed by atoms with E-state index in [2.05, 4.69) is 10.6 Å². The third-order valence-electron chi connectivity index (χ3n) is 6.05. The Hall–Kier alpha value is -3.55. The fourth-order valence-corrected chi connectivity index (χ4v) is 4.18. The summed E-state index contributed by atoms with van der Waals surface area (Å²) >= 11 is 0. The number of phenols is 1. The van der Waals surface area contributed by atoms with Crippen LogP contribution in [0.3, 0.4) is 0 Å². The van der Waals surface area contributed by atoms with Crippen LogP contribution >= 0.6 is 0 Å². The maximum absolute atomic E-state index is 14.4. The molecule has 0 heterocycles. The highest BCUT2D eigenvalue weighted by Gasteiger charge is 2.41. The summed E-state index contributed by atoms with van der Waals surface area (Å²) in [5, 5.41) is 15.5. The van der Waals surface area contributed by atoms with E-state index in [1.165, 1.54) is 12.1 Å². The van der Waals surface area contributed by atoms with E-state index in [9.17, 15) is 19.5 Å². The van der Waals surface area contributed by atoms with Crippen molar-refractivity contribution in [1.29, 1.82) is 0 Å². The number of aryl methyl sites for hydroxylation is 1. The molecular formula is C31H45N3O5. The van der Waals surface area contributed by atoms with Gasteiger partial charge in [-0.15, -0.1) is 0 Å². The van der Waals surface area contributed by atoms with Crippen molar-refractivity contribution >= 4 is 17.9 Å². The number of nitrogens with zero attached hydrogens (tertiary/aromatic N) is 1. The molecule has 2 aromatic carbocycles. The number of phenolic OH excluding ortho intramolecular Hbond substituents is 1. The number of carbonyl (C=O) groups excluding carboxylic acids is 3. The Labute approximate surface area is 233 Å². The zero-order chi connectivity index (χ0) is 29.4. The van der Waals surface area contributed by atoms with Gasteiger partial charge >= 0.3 is 6.09 Å². The lowest BCUT2D eigenvalue weighted by atomic mass is 9.93. The smallest absolute Gasteiger partial charge is 0.408 e. The van der Waals surface area contributed by atoms with E-state index in [0.29, 0.717) is 12.1 Å². The summed E-state index contributed by atoms with van der Waals surface area (Å²) in [5.74, 6) is -0.602. The lowest BCUT2D eigenvalue weighted by molar-refractivity contribution is -0.148. The van der Waals surface area contributed by atoms with Gasteiger partial charge in [0, 0.05) is 18.5 Å². The van der Waals surface area contributed by atoms with Crippen molar-refractivity contribution in [2.24, 2.45) is 0 Å². The Kier molecular flexibility index (Phi) is 11.0. The number of nitrogens with one attached hydrogen (secondary N) is 2. The van der Waals surface area contributed by atoms with Gasteiger partial charge < -0.3 is 25.4 Å². The van der Waals surface area contributed by atoms with Gasteiger partial charge in [0.15, 0.2) is 0 Å². The zero-order valence-electron chi connectivity index (χ0n) is 24.6. The molecule has 214 valence electrons. The van der Waals surface area contributed by atoms with Gasteiger partial charge in [0.2, 0.25) is 11.8 Å². The molecule has 0 aliphatic carbocycles. The predicted molar refractivity (Wildman–Crippen MR) is 153 cm³/mol. The van der Waals surface area contributed by atoms with Gasteiger partial charge in [-0.3, -0.25) is 9.59 Å². The SMILES string of the molecule is CCCCNC(=O)C(c1ccc(C)cc1)N(C(=O)C(Cc1ccc(O)cc1)NC(=O)OC(C)(C)C)C(C)(C)C. The number of carbonyl (C=O) groups is 3. The van der Waals surface area contributed by atoms with E-state index in [4.69, 9.17) is 4.74 Å². The second-order valence-electron chi connectivity index (χ2n) is 11.9. The molecule has 0 saturated heterocycles. The molecule has 2 aromatic rings. The third-order valence-corrected chi connectivity index (χ3v) is 6.05. The summed E-state index contributed by atoms with van der Waals surface area (Å²) < 4.78 is 5.47. The number of unbranched alkanes of at least 4 members (excludes halogenated alkanes) is 1. The molecule has 8 heteroatoms. The fraction of sp³-hybridized carbons (Fsp3) is 0.516. The van der Waals surface area contributed by atoms with E-state index in [-0.39, 0.29) is 18.1 Å². The Morgan fingerprint density at radius 3 is 2.05 bits per heavy atom. The summed E-state index contributed by atoms with van der Waals surface area (Å²) in [6, 6.07) is 12.1. The maximum Gasteiger partial charge on any atom is 0.408 e. The van der Waals surface area contributed by atoms with E-state index in [0.717, 1.165) is 24.0 Å². The molecule has 0 aliphatic heterocycles. The first-order chi connectivity index (χ1) is 18.1. The highest BCUT2D eigenvalue weighted by Crippen LogP contribution is 2.31. The average molecular weight is 540 g/mol. The number of benzene rings is 2. The Balaban J connectivity index is 2.57. The van der Waals surface area contributed by atoms with Crippen LogP contribution in [0.1, 0.15) is 84.0 Å². The number of ether oxygens (including phenoxy) is 1. The van der Waals surface area contributed by atoms with Crippen molar-refractivity contribution in [3.05, 3.63) is 65.2 Å². The van der Waals surface area contributed by atoms with E-state index in [1.54, 1.807) is 37.8 Å². The highest BCUT2D eigenvalue weighted by molar-refractivity contribution is 5.92. The molecule has 39 heavy (non-hydrogen) atoms. The third kappa shape index (κ3) is 9.93. The molecular weight excluding hydrogens is 494 g/mol. The van der Waals surface area contributed by atoms with Gasteiger partial charge in [-0.25, -0.2) is 4.79 Å². The van der Waals surface area contributed by atoms with Crippen LogP contribution in [0.2, 0.25) is 0 Å². The van der Waals surface area contributed by atoms with Gasteiger partial charge in [0.05, 0.1) is 0 Å². The number of hydrogen-bond acceptors (Lipinski definition) is 5. The minimum atomic E-state index is -1.03. The molecule has 0 aromatic heterocycles. The van der Waals surface area contributed by atoms with Crippen LogP contribution in [-0.4, -0.2) is 51.6 Å². The Bertz CT molecular complexity index is 1100. The van der Waals surface area contributed by atoms with Crippen LogP contribution in [0.4, 0.5) is 4.79 Å². The van der Waals surface area contributed by atoms with Crippen molar-refractivity contribution in [1.82, 2.24) is 15.5 Å². The van der Waals surface area contributed by atoms with E-state index >= 15 is 0 Å². The number of aromatic hydroxyl groups is 1. The summed E-state index contributed by atoms with van der Waals surface area (Å²) in [6.07, 6.45) is 1.15. The zero-order valence-corrected chi connectivity index (χ0v) is 24.6. The summed E-state index contributed by atoms with van der Waals surface area (Å²) in [4.78, 5) is 42.5. The predicted octanol–water partition coefficient (Wildman–Crippen LogP) is 5.42. The largest absolute Gasteiger partial charge is 0.508 e. The van der Waals surface area contributed by atoms with Gasteiger partial charge in [-0.1, -0.05) is 55.3 Å². The monoisotopic (exact) mass is 539 g/mol. The normalized spacial score (nSPS) is 13.2. The van der Waals surface area contributed by atoms with Crippen LogP contribution in [0, 0.1) is 6.92 Å². The second-order valence-corrected chi connectivity index (χ2v) is 11.9. The molecule has 0 spiro atoms. The maximum atomic E-state index is 14.4. The standard InChI is InChI=1S/C31H45N3O5/c1-9-10-19-32-27(36)26(23-15-11-21(2)12-16-23)34(30(3,4)5)28(37)25(33-29(38)39-31(6,7)8)20-22-13-17-24(35)18-14-22/h11-18,25-26,35H,9-10,19-20H2,1-8H3,(H,32,36)(H,33,38). The molecule has 0 aliphatic rings. The lowest BCUT2D eigenvalue weighted by Gasteiger charge is -2.43. The number of amides is 3. The van der Waals surface area contributed by atoms with E-state index < -0.39 is 35.2 Å². The topological polar surface area (TPSA) is 108 Å². The molecule has 8 nitrogen and oxygen atoms in total. The molecule has 3 N–H and O–H groups in total. The summed E-state index contributed by atoms with van der Waals surface area (Å²) in [5.41, 5.74) is 0.907. The number of hydrogen-bond donors (Lipinski definition) is 3. The molecule has 0 fully saturated rings. The lowest BCUT2D eigenvalue weighted by Crippen LogP contribution is -2.59. The fourth-order valence-electron chi connectivity index (χ4n) is 4.18. The van der Waals surface area contributed by atoms with Gasteiger partial charge in [0.25, 0.3) is 0 Å². The Morgan fingerprint density at radius 1 is 0.949 bits per heavy atom. The number of alkyl carbamates (subject to hydrolysis) is 1. The van der Waals surface area contributed by atoms with Crippen molar-refractivity contribution in [2.75, 3.05) is 6.54 Å². The minimum Gasteiger partial charge on any atom is -0.508 e.